The molecule has 2 aromatic rings. The van der Waals surface area contributed by atoms with Gasteiger partial charge in [-0.2, -0.15) is 0 Å². The first kappa shape index (κ1) is 24.1. The second-order valence-corrected chi connectivity index (χ2v) is 11.2. The highest BCUT2D eigenvalue weighted by Crippen LogP contribution is 2.46. The summed E-state index contributed by atoms with van der Waals surface area (Å²) in [6, 6.07) is 5.16. The van der Waals surface area contributed by atoms with E-state index in [1.807, 2.05) is 16.7 Å². The molecule has 2 atom stereocenters. The molecule has 31 heavy (non-hydrogen) atoms. The minimum absolute atomic E-state index is 0.0386. The van der Waals surface area contributed by atoms with Crippen LogP contribution < -0.4 is 15.5 Å². The highest BCUT2D eigenvalue weighted by Gasteiger charge is 2.36. The van der Waals surface area contributed by atoms with E-state index >= 15 is 0 Å². The topological polar surface area (TPSA) is 77.8 Å². The number of fused-ring (bicyclic) bond motifs is 3. The van der Waals surface area contributed by atoms with Crippen LogP contribution in [0.5, 0.6) is 5.75 Å². The van der Waals surface area contributed by atoms with E-state index in [9.17, 15) is 14.3 Å². The number of benzene rings is 1. The van der Waals surface area contributed by atoms with Gasteiger partial charge < -0.3 is 18.7 Å². The lowest BCUT2D eigenvalue weighted by molar-refractivity contribution is 0.237. The minimum Gasteiger partial charge on any atom is -0.492 e. The molecule has 0 bridgehead atoms. The number of unbranched alkanes of at least 4 members (excludes halogenated alkanes) is 1. The first-order valence-electron chi connectivity index (χ1n) is 10.7. The van der Waals surface area contributed by atoms with Crippen LogP contribution in [-0.2, 0) is 15.5 Å². The van der Waals surface area contributed by atoms with Gasteiger partial charge in [-0.05, 0) is 42.9 Å². The number of nitrogens with zero attached hydrogens (tertiary/aromatic N) is 1. The van der Waals surface area contributed by atoms with Crippen LogP contribution in [0, 0.1) is 5.41 Å². The lowest BCUT2D eigenvalue weighted by atomic mass is 9.79. The summed E-state index contributed by atoms with van der Waals surface area (Å²) in [7, 11) is -4.20. The predicted octanol–water partition coefficient (Wildman–Crippen LogP) is 5.34. The van der Waals surface area contributed by atoms with Gasteiger partial charge in [0.25, 0.3) is 0 Å². The fourth-order valence-electron chi connectivity index (χ4n) is 3.94. The van der Waals surface area contributed by atoms with Crippen molar-refractivity contribution in [2.45, 2.75) is 59.9 Å². The largest absolute Gasteiger partial charge is 0.492 e. The van der Waals surface area contributed by atoms with Crippen molar-refractivity contribution in [2.24, 2.45) is 5.41 Å². The van der Waals surface area contributed by atoms with E-state index in [1.54, 1.807) is 6.92 Å². The van der Waals surface area contributed by atoms with Crippen molar-refractivity contribution in [1.82, 2.24) is 4.57 Å². The molecule has 1 aromatic carbocycles. The van der Waals surface area contributed by atoms with Gasteiger partial charge in [0.2, 0.25) is 0 Å². The predicted molar refractivity (Wildman–Crippen MR) is 125 cm³/mol. The van der Waals surface area contributed by atoms with Gasteiger partial charge in [-0.1, -0.05) is 45.7 Å². The molecule has 170 valence electrons. The molecule has 0 fully saturated rings. The molecule has 0 saturated heterocycles. The van der Waals surface area contributed by atoms with Gasteiger partial charge in [-0.3, -0.25) is 9.36 Å². The third-order valence-corrected chi connectivity index (χ3v) is 7.45. The number of pyridine rings is 1. The van der Waals surface area contributed by atoms with Crippen LogP contribution in [0.25, 0.3) is 11.3 Å². The monoisotopic (exact) mass is 467 g/mol. The smallest absolute Gasteiger partial charge is 0.364 e. The third kappa shape index (κ3) is 4.93. The highest BCUT2D eigenvalue weighted by atomic mass is 35.5. The third-order valence-electron chi connectivity index (χ3n) is 5.61. The second kappa shape index (κ2) is 9.11. The van der Waals surface area contributed by atoms with Crippen LogP contribution in [0.4, 0.5) is 0 Å². The van der Waals surface area contributed by atoms with E-state index in [4.69, 9.17) is 20.9 Å². The van der Waals surface area contributed by atoms with E-state index in [2.05, 4.69) is 27.7 Å². The summed E-state index contributed by atoms with van der Waals surface area (Å²) in [4.78, 5) is 23.1. The molecular formula is C23H31ClNO5P. The van der Waals surface area contributed by atoms with Crippen LogP contribution in [0.2, 0.25) is 5.02 Å². The summed E-state index contributed by atoms with van der Waals surface area (Å²) < 4.78 is 25.5. The molecule has 3 rings (SSSR count). The number of hydrogen-bond donors (Lipinski definition) is 1. The number of halogens is 1. The molecular weight excluding hydrogens is 437 g/mol. The minimum atomic E-state index is -4.20. The van der Waals surface area contributed by atoms with Crippen LogP contribution in [-0.4, -0.2) is 22.7 Å². The van der Waals surface area contributed by atoms with Gasteiger partial charge in [0.05, 0.1) is 23.9 Å². The zero-order valence-corrected chi connectivity index (χ0v) is 20.4. The van der Waals surface area contributed by atoms with Gasteiger partial charge in [0.15, 0.2) is 5.43 Å². The Kier molecular flexibility index (Phi) is 7.07. The zero-order valence-electron chi connectivity index (χ0n) is 18.8. The summed E-state index contributed by atoms with van der Waals surface area (Å²) in [5, 5.41) is 0.274. The summed E-state index contributed by atoms with van der Waals surface area (Å²) >= 11 is 6.50. The summed E-state index contributed by atoms with van der Waals surface area (Å²) in [5.74, 6) is 0.644. The molecule has 1 aliphatic rings. The number of rotatable bonds is 7. The standard InChI is InChI=1S/C23H31ClNO5P/c1-6-8-9-29-20-10-15-11-22(23(3,4)5)25-14-21(31(27,28)30-7-2)19(26)13-18(25)16(15)12-17(20)24/h10,12-14,22H,6-9,11H2,1-5H3,(H,27,28). The molecule has 0 amide bonds. The Balaban J connectivity index is 2.19. The summed E-state index contributed by atoms with van der Waals surface area (Å²) in [6.45, 7) is 10.7. The van der Waals surface area contributed by atoms with Crippen LogP contribution in [0.1, 0.15) is 59.1 Å². The van der Waals surface area contributed by atoms with Crippen molar-refractivity contribution in [3.63, 3.8) is 0 Å². The molecule has 0 aliphatic carbocycles. The molecule has 0 saturated carbocycles. The molecule has 1 aliphatic heterocycles. The SMILES string of the molecule is CCCCOc1cc2c(cc1Cl)-c1cc(=O)c(P(=O)(O)OCC)cn1C(C(C)(C)C)C2. The highest BCUT2D eigenvalue weighted by molar-refractivity contribution is 7.61. The normalized spacial score (nSPS) is 17.6. The molecule has 1 N–H and O–H groups in total. The Morgan fingerprint density at radius 3 is 2.58 bits per heavy atom. The zero-order chi connectivity index (χ0) is 23.0. The molecule has 8 heteroatoms. The van der Waals surface area contributed by atoms with E-state index in [0.29, 0.717) is 29.5 Å². The Labute approximate surface area is 188 Å². The van der Waals surface area contributed by atoms with E-state index in [0.717, 1.165) is 24.0 Å². The Morgan fingerprint density at radius 1 is 1.26 bits per heavy atom. The average Bonchev–Trinajstić information content (AvgIpc) is 2.67. The van der Waals surface area contributed by atoms with Crippen molar-refractivity contribution in [1.29, 1.82) is 0 Å². The van der Waals surface area contributed by atoms with Gasteiger partial charge in [-0.25, -0.2) is 0 Å². The van der Waals surface area contributed by atoms with Crippen LogP contribution >= 0.6 is 19.2 Å². The maximum atomic E-state index is 12.8. The van der Waals surface area contributed by atoms with Gasteiger partial charge in [0, 0.05) is 23.9 Å². The Morgan fingerprint density at radius 2 is 1.97 bits per heavy atom. The molecule has 2 unspecified atom stereocenters. The van der Waals surface area contributed by atoms with Crippen molar-refractivity contribution in [3.05, 3.63) is 45.2 Å². The Hall–Kier alpha value is -1.59. The van der Waals surface area contributed by atoms with E-state index < -0.39 is 13.0 Å². The van der Waals surface area contributed by atoms with E-state index in [1.165, 1.54) is 12.3 Å². The first-order chi connectivity index (χ1) is 14.5. The van der Waals surface area contributed by atoms with Crippen molar-refractivity contribution < 1.29 is 18.7 Å². The summed E-state index contributed by atoms with van der Waals surface area (Å²) in [5.41, 5.74) is 1.85. The molecule has 0 radical (unpaired) electrons. The number of hydrogen-bond acceptors (Lipinski definition) is 4. The van der Waals surface area contributed by atoms with Gasteiger partial charge in [-0.15, -0.1) is 0 Å². The molecule has 0 spiro atoms. The molecule has 6 nitrogen and oxygen atoms in total. The molecule has 1 aromatic heterocycles. The van der Waals surface area contributed by atoms with Crippen molar-refractivity contribution >= 4 is 24.5 Å². The number of ether oxygens (including phenoxy) is 1. The molecule has 2 heterocycles. The van der Waals surface area contributed by atoms with Gasteiger partial charge >= 0.3 is 7.60 Å². The van der Waals surface area contributed by atoms with Crippen LogP contribution in [0.3, 0.4) is 0 Å². The maximum Gasteiger partial charge on any atom is 0.364 e. The number of aromatic nitrogens is 1. The Bertz CT molecular complexity index is 1070. The van der Waals surface area contributed by atoms with Crippen molar-refractivity contribution in [2.75, 3.05) is 13.2 Å². The quantitative estimate of drug-likeness (QED) is 0.439. The maximum absolute atomic E-state index is 12.8. The first-order valence-corrected chi connectivity index (χ1v) is 12.6. The fraction of sp³-hybridized carbons (Fsp3) is 0.522. The summed E-state index contributed by atoms with van der Waals surface area (Å²) in [6.07, 6.45) is 4.15. The van der Waals surface area contributed by atoms with E-state index in [-0.39, 0.29) is 23.4 Å². The fourth-order valence-corrected chi connectivity index (χ4v) is 5.26. The lowest BCUT2D eigenvalue weighted by Crippen LogP contribution is -2.36. The van der Waals surface area contributed by atoms with Crippen LogP contribution in [0.15, 0.2) is 29.2 Å². The average molecular weight is 468 g/mol. The van der Waals surface area contributed by atoms with Gasteiger partial charge in [0.1, 0.15) is 11.1 Å². The lowest BCUT2D eigenvalue weighted by Gasteiger charge is -2.39. The van der Waals surface area contributed by atoms with Crippen molar-refractivity contribution in [3.8, 4) is 17.0 Å². The second-order valence-electron chi connectivity index (χ2n) is 8.98.